The highest BCUT2D eigenvalue weighted by Crippen LogP contribution is 2.43. The van der Waals surface area contributed by atoms with E-state index in [1.807, 2.05) is 0 Å². The van der Waals surface area contributed by atoms with Crippen molar-refractivity contribution in [3.05, 3.63) is 60.8 Å². The Morgan fingerprint density at radius 1 is 0.533 bits per heavy atom. The zero-order valence-corrected chi connectivity index (χ0v) is 39.3. The number of hydrogen-bond donors (Lipinski definition) is 3. The Kier molecular flexibility index (Phi) is 45.2. The Morgan fingerprint density at radius 3 is 1.43 bits per heavy atom. The summed E-state index contributed by atoms with van der Waals surface area (Å²) in [5, 5.41) is 18.4. The summed E-state index contributed by atoms with van der Waals surface area (Å²) >= 11 is 0. The van der Waals surface area contributed by atoms with Crippen LogP contribution in [-0.2, 0) is 27.9 Å². The van der Waals surface area contributed by atoms with Gasteiger partial charge in [-0.05, 0) is 57.8 Å². The maximum atomic E-state index is 12.7. The van der Waals surface area contributed by atoms with Crippen LogP contribution in [0, 0.1) is 0 Å². The minimum absolute atomic E-state index is 0.0450. The van der Waals surface area contributed by atoms with Gasteiger partial charge in [-0.25, -0.2) is 4.57 Å². The molecule has 0 spiro atoms. The molecule has 3 unspecified atom stereocenters. The molecule has 0 aliphatic carbocycles. The summed E-state index contributed by atoms with van der Waals surface area (Å²) in [6.45, 7) is 3.41. The molecular weight excluding hydrogens is 776 g/mol. The Labute approximate surface area is 368 Å². The van der Waals surface area contributed by atoms with E-state index in [0.717, 1.165) is 70.6 Å². The van der Waals surface area contributed by atoms with E-state index in [-0.39, 0.29) is 19.6 Å². The van der Waals surface area contributed by atoms with Crippen molar-refractivity contribution in [3.63, 3.8) is 0 Å². The third-order valence-corrected chi connectivity index (χ3v) is 11.2. The predicted octanol–water partition coefficient (Wildman–Crippen LogP) is 13.9. The number of unbranched alkanes of at least 4 members (excludes halogenated alkanes) is 22. The lowest BCUT2D eigenvalue weighted by Gasteiger charge is -2.20. The third-order valence-electron chi connectivity index (χ3n) is 10.2. The molecule has 60 heavy (non-hydrogen) atoms. The van der Waals surface area contributed by atoms with Crippen molar-refractivity contribution >= 4 is 13.8 Å². The fraction of sp³-hybridized carbons (Fsp3) is 0.780. The Hall–Kier alpha value is -1.84. The molecule has 9 nitrogen and oxygen atoms in total. The molecule has 0 saturated carbocycles. The van der Waals surface area contributed by atoms with Crippen molar-refractivity contribution in [3.8, 4) is 0 Å². The van der Waals surface area contributed by atoms with Crippen LogP contribution in [0.2, 0.25) is 0 Å². The van der Waals surface area contributed by atoms with Crippen molar-refractivity contribution < 1.29 is 43.0 Å². The molecule has 3 atom stereocenters. The fourth-order valence-electron chi connectivity index (χ4n) is 6.56. The molecule has 10 heteroatoms. The topological polar surface area (TPSA) is 132 Å². The fourth-order valence-corrected chi connectivity index (χ4v) is 7.35. The molecule has 0 aliphatic rings. The van der Waals surface area contributed by atoms with Crippen LogP contribution in [0.3, 0.4) is 0 Å². The van der Waals surface area contributed by atoms with Gasteiger partial charge in [0.2, 0.25) is 0 Å². The van der Waals surface area contributed by atoms with Gasteiger partial charge in [0.1, 0.15) is 12.2 Å². The number of carbonyl (C=O) groups is 1. The highest BCUT2D eigenvalue weighted by atomic mass is 31.2. The second-order valence-corrected chi connectivity index (χ2v) is 17.6. The molecule has 0 heterocycles. The zero-order valence-electron chi connectivity index (χ0n) is 38.4. The summed E-state index contributed by atoms with van der Waals surface area (Å²) in [5.41, 5.74) is 0. The van der Waals surface area contributed by atoms with Gasteiger partial charge in [-0.15, -0.1) is 0 Å². The molecule has 0 fully saturated rings. The Balaban J connectivity index is 4.13. The number of carbonyl (C=O) groups excluding carboxylic acids is 1. The van der Waals surface area contributed by atoms with Crippen molar-refractivity contribution in [2.24, 2.45) is 0 Å². The van der Waals surface area contributed by atoms with Crippen molar-refractivity contribution in [1.82, 2.24) is 0 Å². The van der Waals surface area contributed by atoms with E-state index < -0.39 is 39.2 Å². The average Bonchev–Trinajstić information content (AvgIpc) is 3.24. The van der Waals surface area contributed by atoms with Crippen molar-refractivity contribution in [2.45, 2.75) is 219 Å². The van der Waals surface area contributed by atoms with Crippen LogP contribution >= 0.6 is 7.82 Å². The molecule has 0 aliphatic heterocycles. The number of phosphoric ester groups is 1. The first-order valence-corrected chi connectivity index (χ1v) is 25.8. The molecule has 0 aromatic heterocycles. The molecule has 0 amide bonds. The number of allylic oxidation sites excluding steroid dienone is 10. The third kappa shape index (κ3) is 45.7. The molecule has 0 rings (SSSR count). The number of rotatable bonds is 46. The van der Waals surface area contributed by atoms with E-state index in [1.54, 1.807) is 0 Å². The lowest BCUT2D eigenvalue weighted by molar-refractivity contribution is -0.154. The van der Waals surface area contributed by atoms with Gasteiger partial charge in [-0.3, -0.25) is 13.8 Å². The minimum atomic E-state index is -4.53. The zero-order chi connectivity index (χ0) is 43.9. The monoisotopic (exact) mass is 867 g/mol. The SMILES string of the molecule is CC/C=C\C/C=C\C/C=C\C/C=C\C/C=C\CCCCCCCCCC(=O)OC(COCCCCCCCCCCCCCCCCCC)COP(=O)(O)OCC(O)CO. The molecule has 0 aromatic carbocycles. The van der Waals surface area contributed by atoms with E-state index in [4.69, 9.17) is 23.6 Å². The highest BCUT2D eigenvalue weighted by molar-refractivity contribution is 7.47. The Morgan fingerprint density at radius 2 is 0.950 bits per heavy atom. The normalized spacial score (nSPS) is 14.4. The Bertz CT molecular complexity index is 1120. The maximum Gasteiger partial charge on any atom is 0.472 e. The van der Waals surface area contributed by atoms with Gasteiger partial charge in [0.05, 0.1) is 26.4 Å². The first kappa shape index (κ1) is 58.2. The first-order valence-electron chi connectivity index (χ1n) is 24.3. The van der Waals surface area contributed by atoms with E-state index >= 15 is 0 Å². The van der Waals surface area contributed by atoms with Gasteiger partial charge < -0.3 is 24.6 Å². The van der Waals surface area contributed by atoms with E-state index in [2.05, 4.69) is 74.6 Å². The van der Waals surface area contributed by atoms with E-state index in [1.165, 1.54) is 109 Å². The van der Waals surface area contributed by atoms with Gasteiger partial charge in [0.15, 0.2) is 0 Å². The van der Waals surface area contributed by atoms with Gasteiger partial charge in [0.25, 0.3) is 0 Å². The van der Waals surface area contributed by atoms with Gasteiger partial charge in [-0.1, -0.05) is 203 Å². The molecule has 0 radical (unpaired) electrons. The maximum absolute atomic E-state index is 12.7. The van der Waals surface area contributed by atoms with Crippen LogP contribution in [0.15, 0.2) is 60.8 Å². The van der Waals surface area contributed by atoms with Gasteiger partial charge in [0, 0.05) is 13.0 Å². The number of aliphatic hydroxyl groups excluding tert-OH is 2. The van der Waals surface area contributed by atoms with Crippen LogP contribution in [0.5, 0.6) is 0 Å². The van der Waals surface area contributed by atoms with Gasteiger partial charge >= 0.3 is 13.8 Å². The van der Waals surface area contributed by atoms with E-state index in [0.29, 0.717) is 13.0 Å². The standard InChI is InChI=1S/C50H91O9P/c1-3-5-7-9-11-13-15-17-19-21-22-23-24-25-26-27-28-30-32-34-36-38-40-42-50(53)59-49(47-58-60(54,55)57-45-48(52)44-51)46-56-43-41-39-37-35-33-31-29-20-18-16-14-12-10-8-6-4-2/h5,7,11,13,17,19,22-23,25-26,48-49,51-52H,3-4,6,8-10,12,14-16,18,20-21,24,27-47H2,1-2H3,(H,54,55)/b7-5-,13-11-,19-17-,23-22-,26-25-. The number of phosphoric acid groups is 1. The van der Waals surface area contributed by atoms with E-state index in [9.17, 15) is 19.4 Å². The molecular formula is C50H91O9P. The largest absolute Gasteiger partial charge is 0.472 e. The summed E-state index contributed by atoms with van der Waals surface area (Å²) in [6.07, 6.45) is 54.6. The summed E-state index contributed by atoms with van der Waals surface area (Å²) in [7, 11) is -4.53. The van der Waals surface area contributed by atoms with Crippen LogP contribution in [0.25, 0.3) is 0 Å². The lowest BCUT2D eigenvalue weighted by Crippen LogP contribution is -2.29. The summed E-state index contributed by atoms with van der Waals surface area (Å²) < 4.78 is 33.5. The number of ether oxygens (including phenoxy) is 2. The summed E-state index contributed by atoms with van der Waals surface area (Å²) in [6, 6.07) is 0. The van der Waals surface area contributed by atoms with Crippen LogP contribution < -0.4 is 0 Å². The second kappa shape index (κ2) is 46.7. The predicted molar refractivity (Wildman–Crippen MR) is 251 cm³/mol. The van der Waals surface area contributed by atoms with Crippen LogP contribution in [0.1, 0.15) is 206 Å². The second-order valence-electron chi connectivity index (χ2n) is 16.1. The molecule has 0 bridgehead atoms. The smallest absolute Gasteiger partial charge is 0.457 e. The first-order chi connectivity index (χ1) is 29.3. The molecule has 0 saturated heterocycles. The van der Waals surface area contributed by atoms with Crippen LogP contribution in [-0.4, -0.2) is 66.3 Å². The average molecular weight is 867 g/mol. The minimum Gasteiger partial charge on any atom is -0.457 e. The van der Waals surface area contributed by atoms with Crippen LogP contribution in [0.4, 0.5) is 0 Å². The van der Waals surface area contributed by atoms with Crippen molar-refractivity contribution in [1.29, 1.82) is 0 Å². The molecule has 3 N–H and O–H groups in total. The van der Waals surface area contributed by atoms with Crippen molar-refractivity contribution in [2.75, 3.05) is 33.0 Å². The molecule has 350 valence electrons. The number of aliphatic hydroxyl groups is 2. The molecule has 0 aromatic rings. The summed E-state index contributed by atoms with van der Waals surface area (Å²) in [4.78, 5) is 22.7. The lowest BCUT2D eigenvalue weighted by atomic mass is 10.0. The quantitative estimate of drug-likeness (QED) is 0.0237. The number of esters is 1. The van der Waals surface area contributed by atoms with Gasteiger partial charge in [-0.2, -0.15) is 0 Å². The number of hydrogen-bond acceptors (Lipinski definition) is 8. The summed E-state index contributed by atoms with van der Waals surface area (Å²) in [5.74, 6) is -0.393. The highest BCUT2D eigenvalue weighted by Gasteiger charge is 2.26.